The third-order valence-electron chi connectivity index (χ3n) is 6.01. The van der Waals surface area contributed by atoms with Crippen molar-refractivity contribution in [2.24, 2.45) is 5.92 Å². The molecule has 2 fully saturated rings. The predicted molar refractivity (Wildman–Crippen MR) is 114 cm³/mol. The van der Waals surface area contributed by atoms with E-state index in [0.717, 1.165) is 63.1 Å². The first kappa shape index (κ1) is 21.8. The highest BCUT2D eigenvalue weighted by Crippen LogP contribution is 2.24. The first-order valence-corrected chi connectivity index (χ1v) is 10.9. The summed E-state index contributed by atoms with van der Waals surface area (Å²) in [6, 6.07) is 8.27. The minimum Gasteiger partial charge on any atom is -0.381 e. The lowest BCUT2D eigenvalue weighted by atomic mass is 9.99. The Hall–Kier alpha value is -1.92. The third kappa shape index (κ3) is 6.03. The van der Waals surface area contributed by atoms with Crippen molar-refractivity contribution in [1.82, 2.24) is 15.5 Å². The number of likely N-dealkylation sites (tertiary alicyclic amines) is 1. The van der Waals surface area contributed by atoms with Crippen LogP contribution < -0.4 is 10.6 Å². The number of ether oxygens (including phenoxy) is 1. The lowest BCUT2D eigenvalue weighted by molar-refractivity contribution is -0.126. The molecule has 0 saturated carbocycles. The average molecular weight is 402 g/mol. The number of nitrogens with one attached hydrogen (secondary N) is 2. The molecule has 1 aromatic carbocycles. The van der Waals surface area contributed by atoms with E-state index >= 15 is 0 Å². The van der Waals surface area contributed by atoms with Gasteiger partial charge in [0.05, 0.1) is 5.92 Å². The van der Waals surface area contributed by atoms with Gasteiger partial charge in [0.2, 0.25) is 5.91 Å². The smallest absolute Gasteiger partial charge is 0.251 e. The van der Waals surface area contributed by atoms with Crippen molar-refractivity contribution in [1.29, 1.82) is 0 Å². The van der Waals surface area contributed by atoms with Crippen LogP contribution in [0.1, 0.15) is 55.5 Å². The molecule has 6 nitrogen and oxygen atoms in total. The molecule has 3 rings (SSSR count). The second kappa shape index (κ2) is 10.2. The van der Waals surface area contributed by atoms with Gasteiger partial charge in [-0.25, -0.2) is 0 Å². The van der Waals surface area contributed by atoms with E-state index in [2.05, 4.69) is 15.5 Å². The van der Waals surface area contributed by atoms with Crippen LogP contribution in [0.4, 0.5) is 0 Å². The van der Waals surface area contributed by atoms with E-state index in [9.17, 15) is 9.59 Å². The number of carbonyl (C=O) groups is 2. The van der Waals surface area contributed by atoms with Crippen molar-refractivity contribution in [2.75, 3.05) is 26.3 Å². The first-order valence-electron chi connectivity index (χ1n) is 10.9. The Morgan fingerprint density at radius 2 is 1.79 bits per heavy atom. The molecule has 160 valence electrons. The number of aryl methyl sites for hydroxylation is 1. The maximum absolute atomic E-state index is 12.9. The number of rotatable bonds is 5. The zero-order valence-corrected chi connectivity index (χ0v) is 17.9. The summed E-state index contributed by atoms with van der Waals surface area (Å²) < 4.78 is 5.54. The molecule has 2 aliphatic rings. The standard InChI is InChI=1S/C23H35N3O3/c1-16(2)24-22(27)18-8-9-19(15-26(14-18)20-10-12-29-13-11-20)25-23(28)21-7-5-4-6-17(21)3/h4-7,16,18-20H,8-15H2,1-3H3,(H,24,27)(H,25,28)/t18-,19+/m1/s1. The predicted octanol–water partition coefficient (Wildman–Crippen LogP) is 2.51. The van der Waals surface area contributed by atoms with Gasteiger partial charge in [0.15, 0.2) is 0 Å². The Bertz CT molecular complexity index is 700. The fourth-order valence-electron chi connectivity index (χ4n) is 4.40. The number of carbonyl (C=O) groups excluding carboxylic acids is 2. The summed E-state index contributed by atoms with van der Waals surface area (Å²) in [5.41, 5.74) is 1.71. The molecule has 2 atom stereocenters. The molecule has 0 spiro atoms. The maximum Gasteiger partial charge on any atom is 0.251 e. The highest BCUT2D eigenvalue weighted by atomic mass is 16.5. The van der Waals surface area contributed by atoms with Crippen LogP contribution in [0.25, 0.3) is 0 Å². The largest absolute Gasteiger partial charge is 0.381 e. The van der Waals surface area contributed by atoms with Gasteiger partial charge in [-0.05, 0) is 58.1 Å². The van der Waals surface area contributed by atoms with Gasteiger partial charge in [-0.3, -0.25) is 14.5 Å². The number of hydrogen-bond acceptors (Lipinski definition) is 4. The summed E-state index contributed by atoms with van der Waals surface area (Å²) in [7, 11) is 0. The summed E-state index contributed by atoms with van der Waals surface area (Å²) in [5.74, 6) is 0.0636. The van der Waals surface area contributed by atoms with Crippen molar-refractivity contribution < 1.29 is 14.3 Å². The zero-order chi connectivity index (χ0) is 20.8. The fourth-order valence-corrected chi connectivity index (χ4v) is 4.40. The van der Waals surface area contributed by atoms with Gasteiger partial charge < -0.3 is 15.4 Å². The number of hydrogen-bond donors (Lipinski definition) is 2. The second-order valence-electron chi connectivity index (χ2n) is 8.72. The fraction of sp³-hybridized carbons (Fsp3) is 0.652. The van der Waals surface area contributed by atoms with Gasteiger partial charge in [0.1, 0.15) is 0 Å². The van der Waals surface area contributed by atoms with Crippen LogP contribution in [0, 0.1) is 12.8 Å². The van der Waals surface area contributed by atoms with E-state index in [1.165, 1.54) is 0 Å². The summed E-state index contributed by atoms with van der Waals surface area (Å²) in [4.78, 5) is 28.0. The van der Waals surface area contributed by atoms with Crippen LogP contribution in [0.3, 0.4) is 0 Å². The monoisotopic (exact) mass is 401 g/mol. The van der Waals surface area contributed by atoms with Crippen LogP contribution in [0.2, 0.25) is 0 Å². The second-order valence-corrected chi connectivity index (χ2v) is 8.72. The molecule has 1 aromatic rings. The SMILES string of the molecule is Cc1ccccc1C(=O)N[C@H]1CC[C@@H](C(=O)NC(C)C)CN(C2CCOCC2)C1. The molecular weight excluding hydrogens is 366 g/mol. The Morgan fingerprint density at radius 3 is 2.48 bits per heavy atom. The van der Waals surface area contributed by atoms with Crippen LogP contribution in [0.15, 0.2) is 24.3 Å². The Labute approximate surface area is 174 Å². The number of benzene rings is 1. The molecule has 2 heterocycles. The van der Waals surface area contributed by atoms with Gasteiger partial charge in [-0.1, -0.05) is 18.2 Å². The molecule has 2 aliphatic heterocycles. The van der Waals surface area contributed by atoms with E-state index in [1.807, 2.05) is 45.0 Å². The van der Waals surface area contributed by atoms with Crippen LogP contribution in [0.5, 0.6) is 0 Å². The van der Waals surface area contributed by atoms with Crippen molar-refractivity contribution in [3.63, 3.8) is 0 Å². The molecule has 6 heteroatoms. The molecule has 2 N–H and O–H groups in total. The quantitative estimate of drug-likeness (QED) is 0.795. The highest BCUT2D eigenvalue weighted by molar-refractivity contribution is 5.95. The Kier molecular flexibility index (Phi) is 7.67. The molecule has 0 bridgehead atoms. The average Bonchev–Trinajstić information content (AvgIpc) is 2.91. The van der Waals surface area contributed by atoms with E-state index < -0.39 is 0 Å². The minimum absolute atomic E-state index is 0.0230. The minimum atomic E-state index is -0.0411. The first-order chi connectivity index (χ1) is 13.9. The van der Waals surface area contributed by atoms with E-state index in [1.54, 1.807) is 0 Å². The summed E-state index contributed by atoms with van der Waals surface area (Å²) >= 11 is 0. The molecule has 2 saturated heterocycles. The molecular formula is C23H35N3O3. The molecule has 0 radical (unpaired) electrons. The van der Waals surface area contributed by atoms with Crippen molar-refractivity contribution >= 4 is 11.8 Å². The van der Waals surface area contributed by atoms with Gasteiger partial charge >= 0.3 is 0 Å². The van der Waals surface area contributed by atoms with Crippen LogP contribution in [-0.4, -0.2) is 61.1 Å². The third-order valence-corrected chi connectivity index (χ3v) is 6.01. The molecule has 0 aliphatic carbocycles. The molecule has 29 heavy (non-hydrogen) atoms. The van der Waals surface area contributed by atoms with Crippen LogP contribution >= 0.6 is 0 Å². The van der Waals surface area contributed by atoms with Crippen molar-refractivity contribution in [3.05, 3.63) is 35.4 Å². The zero-order valence-electron chi connectivity index (χ0n) is 17.9. The lowest BCUT2D eigenvalue weighted by Crippen LogP contribution is -2.49. The Morgan fingerprint density at radius 1 is 1.07 bits per heavy atom. The lowest BCUT2D eigenvalue weighted by Gasteiger charge is -2.36. The molecule has 0 unspecified atom stereocenters. The Balaban J connectivity index is 1.71. The van der Waals surface area contributed by atoms with Crippen LogP contribution in [-0.2, 0) is 9.53 Å². The molecule has 2 amide bonds. The molecule has 0 aromatic heterocycles. The van der Waals surface area contributed by atoms with Gasteiger partial charge in [-0.15, -0.1) is 0 Å². The maximum atomic E-state index is 12.9. The van der Waals surface area contributed by atoms with Gasteiger partial charge in [0.25, 0.3) is 5.91 Å². The van der Waals surface area contributed by atoms with E-state index in [0.29, 0.717) is 6.04 Å². The van der Waals surface area contributed by atoms with Crippen molar-refractivity contribution in [3.8, 4) is 0 Å². The van der Waals surface area contributed by atoms with E-state index in [-0.39, 0.29) is 29.8 Å². The summed E-state index contributed by atoms with van der Waals surface area (Å²) in [6.07, 6.45) is 3.57. The van der Waals surface area contributed by atoms with Gasteiger partial charge in [0, 0.05) is 50.0 Å². The summed E-state index contributed by atoms with van der Waals surface area (Å²) in [5, 5.41) is 6.32. The topological polar surface area (TPSA) is 70.7 Å². The summed E-state index contributed by atoms with van der Waals surface area (Å²) in [6.45, 7) is 9.02. The number of nitrogens with zero attached hydrogens (tertiary/aromatic N) is 1. The van der Waals surface area contributed by atoms with E-state index in [4.69, 9.17) is 4.74 Å². The van der Waals surface area contributed by atoms with Gasteiger partial charge in [-0.2, -0.15) is 0 Å². The highest BCUT2D eigenvalue weighted by Gasteiger charge is 2.33. The van der Waals surface area contributed by atoms with Crippen molar-refractivity contribution in [2.45, 2.75) is 64.6 Å². The normalized spacial score (nSPS) is 24.1. The number of amides is 2.